The number of aryl methyl sites for hydroxylation is 2. The molecule has 0 aliphatic carbocycles. The zero-order valence-electron chi connectivity index (χ0n) is 12.0. The van der Waals surface area contributed by atoms with Gasteiger partial charge in [-0.2, -0.15) is 5.26 Å². The summed E-state index contributed by atoms with van der Waals surface area (Å²) in [6.07, 6.45) is 0. The smallest absolute Gasteiger partial charge is 0.131 e. The van der Waals surface area contributed by atoms with Gasteiger partial charge in [-0.15, -0.1) is 0 Å². The molecule has 0 bridgehead atoms. The van der Waals surface area contributed by atoms with Gasteiger partial charge in [-0.1, -0.05) is 0 Å². The minimum absolute atomic E-state index is 0.569. The Bertz CT molecular complexity index is 688. The van der Waals surface area contributed by atoms with E-state index < -0.39 is 0 Å². The predicted molar refractivity (Wildman–Crippen MR) is 77.0 cm³/mol. The first-order valence-electron chi connectivity index (χ1n) is 6.21. The molecule has 0 atom stereocenters. The van der Waals surface area contributed by atoms with Crippen LogP contribution in [0.5, 0.6) is 11.5 Å². The number of nitrogens with zero attached hydrogens (tertiary/aromatic N) is 2. The summed E-state index contributed by atoms with van der Waals surface area (Å²) in [5, 5.41) is 9.36. The molecule has 0 aliphatic heterocycles. The Morgan fingerprint density at radius 1 is 1.10 bits per heavy atom. The van der Waals surface area contributed by atoms with Gasteiger partial charge >= 0.3 is 0 Å². The lowest BCUT2D eigenvalue weighted by Crippen LogP contribution is -1.98. The number of benzene rings is 1. The molecule has 0 aliphatic rings. The fraction of sp³-hybridized carbons (Fsp3) is 0.250. The van der Waals surface area contributed by atoms with E-state index in [4.69, 9.17) is 9.47 Å². The van der Waals surface area contributed by atoms with E-state index in [2.05, 4.69) is 11.1 Å². The van der Waals surface area contributed by atoms with Crippen molar-refractivity contribution in [2.75, 3.05) is 14.2 Å². The Balaban J connectivity index is 2.71. The van der Waals surface area contributed by atoms with Gasteiger partial charge in [-0.05, 0) is 37.6 Å². The molecule has 20 heavy (non-hydrogen) atoms. The van der Waals surface area contributed by atoms with E-state index in [1.54, 1.807) is 20.3 Å². The van der Waals surface area contributed by atoms with E-state index in [1.165, 1.54) is 0 Å². The lowest BCUT2D eigenvalue weighted by molar-refractivity contribution is 0.395. The van der Waals surface area contributed by atoms with Crippen LogP contribution in [0.3, 0.4) is 0 Å². The maximum atomic E-state index is 9.36. The van der Waals surface area contributed by atoms with Crippen molar-refractivity contribution in [3.63, 3.8) is 0 Å². The predicted octanol–water partition coefficient (Wildman–Crippen LogP) is 3.25. The number of hydrogen-bond donors (Lipinski definition) is 0. The normalized spacial score (nSPS) is 9.95. The molecule has 0 unspecified atom stereocenters. The van der Waals surface area contributed by atoms with Crippen LogP contribution in [0.15, 0.2) is 24.3 Å². The molecule has 4 nitrogen and oxygen atoms in total. The van der Waals surface area contributed by atoms with Crippen molar-refractivity contribution < 1.29 is 9.47 Å². The van der Waals surface area contributed by atoms with Crippen molar-refractivity contribution >= 4 is 0 Å². The number of rotatable bonds is 3. The van der Waals surface area contributed by atoms with Gasteiger partial charge in [0.15, 0.2) is 0 Å². The van der Waals surface area contributed by atoms with Crippen LogP contribution in [0.4, 0.5) is 0 Å². The van der Waals surface area contributed by atoms with Crippen LogP contribution in [-0.2, 0) is 0 Å². The van der Waals surface area contributed by atoms with E-state index in [1.807, 2.05) is 32.0 Å². The average molecular weight is 268 g/mol. The quantitative estimate of drug-likeness (QED) is 0.857. The molecule has 0 fully saturated rings. The van der Waals surface area contributed by atoms with E-state index >= 15 is 0 Å². The summed E-state index contributed by atoms with van der Waals surface area (Å²) >= 11 is 0. The molecule has 1 aromatic carbocycles. The van der Waals surface area contributed by atoms with Crippen molar-refractivity contribution in [3.8, 4) is 28.8 Å². The maximum absolute atomic E-state index is 9.36. The molecular formula is C16H16N2O2. The molecule has 0 saturated carbocycles. The van der Waals surface area contributed by atoms with Crippen molar-refractivity contribution in [1.29, 1.82) is 5.26 Å². The Morgan fingerprint density at radius 2 is 1.85 bits per heavy atom. The van der Waals surface area contributed by atoms with Gasteiger partial charge < -0.3 is 9.47 Å². The molecular weight excluding hydrogens is 252 g/mol. The molecule has 2 rings (SSSR count). The van der Waals surface area contributed by atoms with E-state index in [9.17, 15) is 5.26 Å². The van der Waals surface area contributed by atoms with Crippen LogP contribution in [0.25, 0.3) is 11.3 Å². The van der Waals surface area contributed by atoms with Crippen LogP contribution in [0.1, 0.15) is 16.8 Å². The first-order chi connectivity index (χ1) is 9.60. The summed E-state index contributed by atoms with van der Waals surface area (Å²) < 4.78 is 10.6. The third-order valence-corrected chi connectivity index (χ3v) is 3.12. The highest BCUT2D eigenvalue weighted by Gasteiger charge is 2.15. The topological polar surface area (TPSA) is 55.1 Å². The lowest BCUT2D eigenvalue weighted by atomic mass is 10.0. The summed E-state index contributed by atoms with van der Waals surface area (Å²) in [5.41, 5.74) is 3.78. The molecule has 0 saturated heterocycles. The molecule has 0 amide bonds. The summed E-state index contributed by atoms with van der Waals surface area (Å²) in [5.74, 6) is 1.34. The monoisotopic (exact) mass is 268 g/mol. The Kier molecular flexibility index (Phi) is 3.90. The second kappa shape index (κ2) is 5.62. The number of nitriles is 1. The zero-order valence-corrected chi connectivity index (χ0v) is 12.0. The second-order valence-electron chi connectivity index (χ2n) is 4.48. The molecule has 0 radical (unpaired) electrons. The van der Waals surface area contributed by atoms with Crippen LogP contribution >= 0.6 is 0 Å². The minimum Gasteiger partial charge on any atom is -0.497 e. The maximum Gasteiger partial charge on any atom is 0.131 e. The second-order valence-corrected chi connectivity index (χ2v) is 4.48. The summed E-state index contributed by atoms with van der Waals surface area (Å²) in [6, 6.07) is 9.60. The molecule has 1 heterocycles. The van der Waals surface area contributed by atoms with Gasteiger partial charge in [-0.3, -0.25) is 4.98 Å². The largest absolute Gasteiger partial charge is 0.497 e. The Labute approximate surface area is 118 Å². The molecule has 102 valence electrons. The van der Waals surface area contributed by atoms with Gasteiger partial charge in [0.2, 0.25) is 0 Å². The highest BCUT2D eigenvalue weighted by Crippen LogP contribution is 2.34. The average Bonchev–Trinajstić information content (AvgIpc) is 2.45. The van der Waals surface area contributed by atoms with Crippen molar-refractivity contribution in [2.24, 2.45) is 0 Å². The highest BCUT2D eigenvalue weighted by molar-refractivity contribution is 5.74. The molecule has 4 heteroatoms. The fourth-order valence-electron chi connectivity index (χ4n) is 2.17. The van der Waals surface area contributed by atoms with Gasteiger partial charge in [-0.25, -0.2) is 0 Å². The number of methoxy groups -OCH3 is 2. The van der Waals surface area contributed by atoms with Gasteiger partial charge in [0.1, 0.15) is 17.6 Å². The lowest BCUT2D eigenvalue weighted by Gasteiger charge is -2.12. The van der Waals surface area contributed by atoms with Gasteiger partial charge in [0.25, 0.3) is 0 Å². The standard InChI is InChI=1S/C16H16N2O2/c1-10-7-11(2)18-16(14(10)9-17)13-6-5-12(19-3)8-15(13)20-4/h5-8H,1-4H3. The van der Waals surface area contributed by atoms with Crippen LogP contribution in [-0.4, -0.2) is 19.2 Å². The van der Waals surface area contributed by atoms with Crippen molar-refractivity contribution in [1.82, 2.24) is 4.98 Å². The fourth-order valence-corrected chi connectivity index (χ4v) is 2.17. The molecule has 2 aromatic rings. The third kappa shape index (κ3) is 2.43. The number of ether oxygens (including phenoxy) is 2. The summed E-state index contributed by atoms with van der Waals surface area (Å²) in [7, 11) is 3.19. The minimum atomic E-state index is 0.569. The molecule has 1 aromatic heterocycles. The first kappa shape index (κ1) is 13.9. The van der Waals surface area contributed by atoms with Crippen LogP contribution in [0, 0.1) is 25.2 Å². The number of pyridine rings is 1. The summed E-state index contributed by atoms with van der Waals surface area (Å²) in [4.78, 5) is 4.50. The first-order valence-corrected chi connectivity index (χ1v) is 6.21. The number of aromatic nitrogens is 1. The van der Waals surface area contributed by atoms with E-state index in [-0.39, 0.29) is 0 Å². The summed E-state index contributed by atoms with van der Waals surface area (Å²) in [6.45, 7) is 3.82. The van der Waals surface area contributed by atoms with E-state index in [0.717, 1.165) is 16.8 Å². The Hall–Kier alpha value is -2.54. The van der Waals surface area contributed by atoms with Crippen molar-refractivity contribution in [3.05, 3.63) is 41.1 Å². The Morgan fingerprint density at radius 3 is 2.45 bits per heavy atom. The van der Waals surface area contributed by atoms with Gasteiger partial charge in [0, 0.05) is 17.3 Å². The van der Waals surface area contributed by atoms with Gasteiger partial charge in [0.05, 0.1) is 25.5 Å². The third-order valence-electron chi connectivity index (χ3n) is 3.12. The van der Waals surface area contributed by atoms with Crippen molar-refractivity contribution in [2.45, 2.75) is 13.8 Å². The molecule has 0 spiro atoms. The van der Waals surface area contributed by atoms with Crippen LogP contribution < -0.4 is 9.47 Å². The number of hydrogen-bond acceptors (Lipinski definition) is 4. The van der Waals surface area contributed by atoms with E-state index in [0.29, 0.717) is 22.8 Å². The van der Waals surface area contributed by atoms with Crippen LogP contribution in [0.2, 0.25) is 0 Å². The zero-order chi connectivity index (χ0) is 14.7. The molecule has 0 N–H and O–H groups in total. The highest BCUT2D eigenvalue weighted by atomic mass is 16.5. The SMILES string of the molecule is COc1ccc(-c2nc(C)cc(C)c2C#N)c(OC)c1.